The molecule has 10 nitrogen and oxygen atoms in total. The minimum Gasteiger partial charge on any atom is -0.371 e. The maximum Gasteiger partial charge on any atom is 0.570 e. The summed E-state index contributed by atoms with van der Waals surface area (Å²) in [5.41, 5.74) is -3.92. The van der Waals surface area contributed by atoms with E-state index in [2.05, 4.69) is 0 Å². The molecule has 0 atom stereocenters. The zero-order valence-electron chi connectivity index (χ0n) is 31.3. The van der Waals surface area contributed by atoms with Crippen LogP contribution < -0.4 is 0 Å². The van der Waals surface area contributed by atoms with Gasteiger partial charge in [-0.2, -0.15) is 0 Å². The van der Waals surface area contributed by atoms with Crippen LogP contribution >= 0.6 is 0 Å². The highest BCUT2D eigenvalue weighted by atomic mass is 28.4. The van der Waals surface area contributed by atoms with Gasteiger partial charge in [-0.15, -0.1) is 0 Å². The highest BCUT2D eigenvalue weighted by Gasteiger charge is 2.89. The first-order valence-corrected chi connectivity index (χ1v) is 17.3. The summed E-state index contributed by atoms with van der Waals surface area (Å²) in [6.07, 6.45) is 0. The fourth-order valence-electron chi connectivity index (χ4n) is 4.53. The van der Waals surface area contributed by atoms with Crippen LogP contribution in [0.15, 0.2) is 0 Å². The van der Waals surface area contributed by atoms with E-state index in [1.807, 2.05) is 0 Å². The number of halogens is 7. The van der Waals surface area contributed by atoms with Crippen molar-refractivity contribution in [1.82, 2.24) is 0 Å². The molecule has 0 saturated carbocycles. The van der Waals surface area contributed by atoms with Crippen LogP contribution in [0.3, 0.4) is 0 Å². The fraction of sp³-hybridized carbons (Fsp3) is 1.00. The third-order valence-electron chi connectivity index (χ3n) is 4.92. The van der Waals surface area contributed by atoms with Crippen molar-refractivity contribution < 1.29 is 77.2 Å². The minimum atomic E-state index is -5.58. The Morgan fingerprint density at radius 3 is 0.729 bits per heavy atom. The average Bonchev–Trinajstić information content (AvgIpc) is 2.70. The predicted molar refractivity (Wildman–Crippen MR) is 163 cm³/mol. The predicted octanol–water partition coefficient (Wildman–Crippen LogP) is 8.68. The largest absolute Gasteiger partial charge is 0.570 e. The Bertz CT molecular complexity index is 900. The smallest absolute Gasteiger partial charge is 0.371 e. The zero-order valence-corrected chi connectivity index (χ0v) is 32.3. The Labute approximate surface area is 281 Å². The summed E-state index contributed by atoms with van der Waals surface area (Å²) in [7, 11) is -5.58. The van der Waals surface area contributed by atoms with Gasteiger partial charge in [0.25, 0.3) is 0 Å². The van der Waals surface area contributed by atoms with E-state index in [1.54, 1.807) is 0 Å². The standard InChI is InChI=1S/C30H57F7O10Si/c1-18-38-48(39-19-2,40-20-3)30(46-26(14,15)36,47-27(16,17)37)28(41-21(4,5)31,42-22(6,7)32)29(43-23(8,9)33,44-24(10,11)34)45-25(12,13)35/h18-20H2,1-17H3. The van der Waals surface area contributed by atoms with Crippen molar-refractivity contribution in [1.29, 1.82) is 0 Å². The summed E-state index contributed by atoms with van der Waals surface area (Å²) < 4.78 is 171. The van der Waals surface area contributed by atoms with Crippen LogP contribution in [-0.2, 0) is 46.4 Å². The maximum atomic E-state index is 16.4. The normalized spacial score (nSPS) is 15.8. The van der Waals surface area contributed by atoms with Gasteiger partial charge >= 0.3 is 26.0 Å². The van der Waals surface area contributed by atoms with Crippen molar-refractivity contribution in [2.45, 2.75) is 176 Å². The minimum absolute atomic E-state index is 0.457. The van der Waals surface area contributed by atoms with Gasteiger partial charge in [0.1, 0.15) is 0 Å². The van der Waals surface area contributed by atoms with Crippen LogP contribution in [0, 0.1) is 0 Å². The topological polar surface area (TPSA) is 92.3 Å². The maximum absolute atomic E-state index is 16.4. The molecule has 0 amide bonds. The van der Waals surface area contributed by atoms with Gasteiger partial charge in [-0.25, -0.2) is 30.7 Å². The van der Waals surface area contributed by atoms with Gasteiger partial charge in [-0.05, 0) is 118 Å². The first kappa shape index (κ1) is 47.3. The molecule has 0 aliphatic rings. The second-order valence-electron chi connectivity index (χ2n) is 13.9. The Kier molecular flexibility index (Phi) is 15.3. The first-order valence-electron chi connectivity index (χ1n) is 15.5. The molecule has 0 unspecified atom stereocenters. The highest BCUT2D eigenvalue weighted by molar-refractivity contribution is 6.64. The van der Waals surface area contributed by atoms with Crippen molar-refractivity contribution in [2.75, 3.05) is 19.8 Å². The molecule has 0 aliphatic carbocycles. The molecule has 0 N–H and O–H groups in total. The number of rotatable bonds is 23. The van der Waals surface area contributed by atoms with E-state index in [-0.39, 0.29) is 0 Å². The lowest BCUT2D eigenvalue weighted by molar-refractivity contribution is -0.621. The third-order valence-corrected chi connectivity index (χ3v) is 8.27. The van der Waals surface area contributed by atoms with Crippen molar-refractivity contribution in [3.63, 3.8) is 0 Å². The summed E-state index contributed by atoms with van der Waals surface area (Å²) >= 11 is 0. The van der Waals surface area contributed by atoms with E-state index in [4.69, 9.17) is 46.4 Å². The van der Waals surface area contributed by atoms with Crippen LogP contribution in [0.25, 0.3) is 0 Å². The van der Waals surface area contributed by atoms with Crippen LogP contribution in [0.2, 0.25) is 0 Å². The quantitative estimate of drug-likeness (QED) is 0.0576. The number of alkyl halides is 7. The van der Waals surface area contributed by atoms with Gasteiger partial charge in [0.05, 0.1) is 0 Å². The second kappa shape index (κ2) is 15.5. The third kappa shape index (κ3) is 13.8. The lowest BCUT2D eigenvalue weighted by Gasteiger charge is -2.61. The monoisotopic (exact) mass is 738 g/mol. The molecule has 0 aliphatic heterocycles. The Morgan fingerprint density at radius 1 is 0.354 bits per heavy atom. The molecule has 0 rings (SSSR count). The van der Waals surface area contributed by atoms with Crippen molar-refractivity contribution in [3.05, 3.63) is 0 Å². The molecule has 0 aromatic carbocycles. The van der Waals surface area contributed by atoms with Crippen LogP contribution in [-0.4, -0.2) is 86.8 Å². The van der Waals surface area contributed by atoms with Crippen molar-refractivity contribution >= 4 is 8.80 Å². The molecule has 0 heterocycles. The molecule has 290 valence electrons. The van der Waals surface area contributed by atoms with Crippen LogP contribution in [0.5, 0.6) is 0 Å². The summed E-state index contributed by atoms with van der Waals surface area (Å²) in [5.74, 6) is -30.8. The number of hydrogen-bond donors (Lipinski definition) is 0. The molecule has 18 heteroatoms. The molecule has 0 aromatic heterocycles. The fourth-order valence-corrected chi connectivity index (χ4v) is 7.89. The van der Waals surface area contributed by atoms with E-state index in [0.29, 0.717) is 69.2 Å². The zero-order chi connectivity index (χ0) is 38.7. The molecule has 0 bridgehead atoms. The van der Waals surface area contributed by atoms with E-state index < -0.39 is 86.8 Å². The Hall–Kier alpha value is -0.673. The van der Waals surface area contributed by atoms with E-state index in [1.165, 1.54) is 20.8 Å². The van der Waals surface area contributed by atoms with Gasteiger partial charge in [0.15, 0.2) is 0 Å². The van der Waals surface area contributed by atoms with Gasteiger partial charge in [-0.1, -0.05) is 0 Å². The molecular weight excluding hydrogens is 681 g/mol. The molecule has 0 aromatic rings. The summed E-state index contributed by atoms with van der Waals surface area (Å²) in [6.45, 7) is 12.4. The molecule has 48 heavy (non-hydrogen) atoms. The molecule has 0 spiro atoms. The summed E-state index contributed by atoms with van der Waals surface area (Å²) in [5, 5.41) is 0. The molecule has 0 fully saturated rings. The van der Waals surface area contributed by atoms with Gasteiger partial charge in [-0.3, -0.25) is 14.2 Å². The van der Waals surface area contributed by atoms with Crippen molar-refractivity contribution in [3.8, 4) is 0 Å². The lowest BCUT2D eigenvalue weighted by atomic mass is 10.1. The Morgan fingerprint density at radius 2 is 0.562 bits per heavy atom. The summed E-state index contributed by atoms with van der Waals surface area (Å²) in [6, 6.07) is 0. The summed E-state index contributed by atoms with van der Waals surface area (Å²) in [4.78, 5) is 0. The van der Waals surface area contributed by atoms with Gasteiger partial charge < -0.3 is 32.2 Å². The van der Waals surface area contributed by atoms with Gasteiger partial charge in [0.2, 0.25) is 41.0 Å². The second-order valence-corrected chi connectivity index (χ2v) is 16.5. The average molecular weight is 739 g/mol. The van der Waals surface area contributed by atoms with E-state index >= 15 is 30.7 Å². The van der Waals surface area contributed by atoms with Gasteiger partial charge in [0, 0.05) is 19.8 Å². The molecular formula is C30H57F7O10Si. The van der Waals surface area contributed by atoms with Crippen LogP contribution in [0.1, 0.15) is 118 Å². The molecule has 0 saturated heterocycles. The number of ether oxygens (including phenoxy) is 7. The molecule has 0 radical (unpaired) electrons. The Balaban J connectivity index is 9.89. The van der Waals surface area contributed by atoms with E-state index in [9.17, 15) is 0 Å². The highest BCUT2D eigenvalue weighted by Crippen LogP contribution is 2.58. The number of hydrogen-bond acceptors (Lipinski definition) is 10. The van der Waals surface area contributed by atoms with Crippen molar-refractivity contribution in [2.24, 2.45) is 0 Å². The lowest BCUT2D eigenvalue weighted by Crippen LogP contribution is -2.88. The first-order chi connectivity index (χ1) is 20.9. The SMILES string of the molecule is CCO[Si](OCC)(OCC)C(OC(C)(C)F)(OC(C)(C)F)C(OC(C)(C)F)(OC(C)(C)F)C(OC(C)(C)F)(OC(C)(C)F)OC(C)(C)F. The van der Waals surface area contributed by atoms with Crippen LogP contribution in [0.4, 0.5) is 30.7 Å². The van der Waals surface area contributed by atoms with E-state index in [0.717, 1.165) is 27.7 Å².